The number of hydrogen-bond donors (Lipinski definition) is 6. The summed E-state index contributed by atoms with van der Waals surface area (Å²) in [5.41, 5.74) is 0. The van der Waals surface area contributed by atoms with E-state index in [9.17, 15) is 50.5 Å². The van der Waals surface area contributed by atoms with Gasteiger partial charge in [0.05, 0.1) is 0 Å². The van der Waals surface area contributed by atoms with Gasteiger partial charge in [0.2, 0.25) is 0 Å². The smallest absolute Gasteiger partial charge is 0.264 e. The topological polar surface area (TPSA) is 382 Å². The van der Waals surface area contributed by atoms with Crippen LogP contribution in [-0.4, -0.2) is 114 Å². The van der Waals surface area contributed by atoms with Gasteiger partial charge < -0.3 is 0 Å². The summed E-state index contributed by atoms with van der Waals surface area (Å²) < 4.78 is 211. The maximum atomic E-state index is 11.2. The third kappa shape index (κ3) is 12.2. The molecular weight excluding hydrogens is 648 g/mol. The molecule has 0 bridgehead atoms. The van der Waals surface area contributed by atoms with Crippen LogP contribution in [0.25, 0.3) is 0 Å². The highest BCUT2D eigenvalue weighted by Crippen LogP contribution is 2.37. The standard InChI is InChI=1S/C6H12O24S6/c7-31(8,9)25-1-2(26-32(10,11)12)4(28-34(16,17)18)6(30-36(22,23)24)5(29-35(19,20)21)3(1)27-33(13,14)15/h1-6H,(H,7,8,9)(H,10,11,12)(H,13,14,15)(H,16,17,18)(H,19,20,21)(H,22,23,24)/t1-,2-,3+,4+,5-,6-. The second-order valence-electron chi connectivity index (χ2n) is 5.93. The fraction of sp³-hybridized carbons (Fsp3) is 1.00. The first-order valence-corrected chi connectivity index (χ1v) is 15.7. The fourth-order valence-corrected chi connectivity index (χ4v) is 5.62. The van der Waals surface area contributed by atoms with E-state index in [0.717, 1.165) is 0 Å². The average molecular weight is 661 g/mol. The van der Waals surface area contributed by atoms with Crippen molar-refractivity contribution >= 4 is 62.4 Å². The highest BCUT2D eigenvalue weighted by atomic mass is 32.3. The molecule has 24 nitrogen and oxygen atoms in total. The summed E-state index contributed by atoms with van der Waals surface area (Å²) >= 11 is 0. The van der Waals surface area contributed by atoms with E-state index in [1.165, 1.54) is 0 Å². The van der Waals surface area contributed by atoms with E-state index in [1.54, 1.807) is 0 Å². The van der Waals surface area contributed by atoms with Crippen LogP contribution < -0.4 is 0 Å². The molecule has 1 aliphatic carbocycles. The first-order chi connectivity index (χ1) is 15.6. The van der Waals surface area contributed by atoms with Crippen LogP contribution in [0, 0.1) is 0 Å². The highest BCUT2D eigenvalue weighted by molar-refractivity contribution is 7.82. The Bertz CT molecular complexity index is 1140. The molecule has 0 radical (unpaired) electrons. The first-order valence-electron chi connectivity index (χ1n) is 7.51. The average Bonchev–Trinajstić information content (AvgIpc) is 2.51. The Morgan fingerprint density at radius 1 is 0.278 bits per heavy atom. The van der Waals surface area contributed by atoms with E-state index < -0.39 is 99.0 Å². The minimum atomic E-state index is -6.04. The van der Waals surface area contributed by atoms with Gasteiger partial charge in [-0.15, -0.1) is 0 Å². The predicted octanol–water partition coefficient (Wildman–Crippen LogP) is -4.87. The number of hydrogen-bond acceptors (Lipinski definition) is 18. The molecule has 1 fully saturated rings. The lowest BCUT2D eigenvalue weighted by molar-refractivity contribution is -0.185. The quantitative estimate of drug-likeness (QED) is 0.107. The molecule has 0 aliphatic heterocycles. The summed E-state index contributed by atoms with van der Waals surface area (Å²) in [5.74, 6) is 0. The van der Waals surface area contributed by atoms with Gasteiger partial charge in [0.15, 0.2) is 0 Å². The molecule has 1 saturated carbocycles. The van der Waals surface area contributed by atoms with Crippen LogP contribution in [0.1, 0.15) is 0 Å². The Labute approximate surface area is 201 Å². The van der Waals surface area contributed by atoms with Gasteiger partial charge >= 0.3 is 62.4 Å². The summed E-state index contributed by atoms with van der Waals surface area (Å²) in [6, 6.07) is 0. The third-order valence-corrected chi connectivity index (χ3v) is 6.13. The molecule has 36 heavy (non-hydrogen) atoms. The van der Waals surface area contributed by atoms with Gasteiger partial charge in [-0.3, -0.25) is 27.3 Å². The third-order valence-electron chi connectivity index (χ3n) is 3.34. The molecule has 0 heterocycles. The second kappa shape index (κ2) is 10.8. The van der Waals surface area contributed by atoms with E-state index >= 15 is 0 Å². The summed E-state index contributed by atoms with van der Waals surface area (Å²) in [5, 5.41) is 0. The van der Waals surface area contributed by atoms with Crippen molar-refractivity contribution in [2.45, 2.75) is 36.6 Å². The maximum Gasteiger partial charge on any atom is 0.397 e. The summed E-state index contributed by atoms with van der Waals surface area (Å²) in [4.78, 5) is 0. The zero-order valence-corrected chi connectivity index (χ0v) is 20.8. The Hall–Kier alpha value is -0.780. The minimum absolute atomic E-state index is 3.40. The Morgan fingerprint density at radius 3 is 0.417 bits per heavy atom. The van der Waals surface area contributed by atoms with Crippen molar-refractivity contribution in [1.82, 2.24) is 0 Å². The van der Waals surface area contributed by atoms with Crippen molar-refractivity contribution in [2.24, 2.45) is 0 Å². The molecule has 0 saturated heterocycles. The Morgan fingerprint density at radius 2 is 0.361 bits per heavy atom. The fourth-order valence-electron chi connectivity index (χ4n) is 2.62. The molecule has 216 valence electrons. The summed E-state index contributed by atoms with van der Waals surface area (Å²) in [7, 11) is -36.3. The lowest BCUT2D eigenvalue weighted by Gasteiger charge is -2.45. The molecule has 30 heteroatoms. The van der Waals surface area contributed by atoms with Crippen molar-refractivity contribution in [1.29, 1.82) is 0 Å². The second-order valence-corrected chi connectivity index (χ2v) is 12.2. The van der Waals surface area contributed by atoms with Gasteiger partial charge in [-0.05, 0) is 0 Å². The van der Waals surface area contributed by atoms with Crippen molar-refractivity contribution in [2.75, 3.05) is 0 Å². The largest absolute Gasteiger partial charge is 0.397 e. The normalized spacial score (nSPS) is 29.2. The monoisotopic (exact) mass is 660 g/mol. The lowest BCUT2D eigenvalue weighted by atomic mass is 9.85. The Kier molecular flexibility index (Phi) is 9.95. The van der Waals surface area contributed by atoms with Crippen LogP contribution in [0.3, 0.4) is 0 Å². The Balaban J connectivity index is 4.15. The van der Waals surface area contributed by atoms with E-state index in [2.05, 4.69) is 25.1 Å². The minimum Gasteiger partial charge on any atom is -0.264 e. The van der Waals surface area contributed by atoms with Gasteiger partial charge in [0, 0.05) is 0 Å². The van der Waals surface area contributed by atoms with E-state index in [-0.39, 0.29) is 0 Å². The molecule has 0 atom stereocenters. The molecule has 1 aliphatic rings. The van der Waals surface area contributed by atoms with Crippen LogP contribution in [0.2, 0.25) is 0 Å². The molecule has 0 aromatic carbocycles. The van der Waals surface area contributed by atoms with E-state index in [1.807, 2.05) is 0 Å². The molecular formula is C6H12O24S6. The van der Waals surface area contributed by atoms with Crippen LogP contribution in [0.5, 0.6) is 0 Å². The number of rotatable bonds is 12. The van der Waals surface area contributed by atoms with Crippen LogP contribution in [0.15, 0.2) is 0 Å². The van der Waals surface area contributed by atoms with Crippen LogP contribution in [-0.2, 0) is 87.5 Å². The van der Waals surface area contributed by atoms with Gasteiger partial charge in [0.25, 0.3) is 0 Å². The van der Waals surface area contributed by atoms with E-state index in [0.29, 0.717) is 0 Å². The van der Waals surface area contributed by atoms with Crippen molar-refractivity contribution in [3.63, 3.8) is 0 Å². The molecule has 1 rings (SSSR count). The van der Waals surface area contributed by atoms with Crippen molar-refractivity contribution in [3.8, 4) is 0 Å². The lowest BCUT2D eigenvalue weighted by Crippen LogP contribution is -2.69. The van der Waals surface area contributed by atoms with Crippen LogP contribution >= 0.6 is 0 Å². The summed E-state index contributed by atoms with van der Waals surface area (Å²) in [6.07, 6.45) is -20.4. The molecule has 0 amide bonds. The van der Waals surface area contributed by atoms with Gasteiger partial charge in [-0.1, -0.05) is 0 Å². The predicted molar refractivity (Wildman–Crippen MR) is 98.5 cm³/mol. The van der Waals surface area contributed by atoms with Gasteiger partial charge in [-0.25, -0.2) is 25.1 Å². The molecule has 0 spiro atoms. The van der Waals surface area contributed by atoms with Crippen LogP contribution in [0.4, 0.5) is 0 Å². The van der Waals surface area contributed by atoms with Crippen molar-refractivity contribution < 1.29 is 103 Å². The molecule has 6 N–H and O–H groups in total. The first kappa shape index (κ1) is 33.2. The zero-order chi connectivity index (χ0) is 28.7. The zero-order valence-electron chi connectivity index (χ0n) is 15.9. The van der Waals surface area contributed by atoms with Gasteiger partial charge in [-0.2, -0.15) is 50.5 Å². The molecule has 0 unspecified atom stereocenters. The SMILES string of the molecule is O=S(=O)(O)O[C@H]1[C@H](OS(=O)(=O)O)[C@@H](OS(=O)(=O)O)[C@H](OS(=O)(=O)O)[C@@H](OS(=O)(=O)O)[C@@H]1OS(=O)(=O)O. The highest BCUT2D eigenvalue weighted by Gasteiger charge is 2.62. The van der Waals surface area contributed by atoms with Gasteiger partial charge in [0.1, 0.15) is 36.6 Å². The van der Waals surface area contributed by atoms with E-state index in [4.69, 9.17) is 27.3 Å². The molecule has 0 aromatic rings. The molecule has 0 aromatic heterocycles. The van der Waals surface area contributed by atoms with Crippen molar-refractivity contribution in [3.05, 3.63) is 0 Å². The summed E-state index contributed by atoms with van der Waals surface area (Å²) in [6.45, 7) is 0. The maximum absolute atomic E-state index is 11.2.